The highest BCUT2D eigenvalue weighted by molar-refractivity contribution is 8.00. The van der Waals surface area contributed by atoms with Gasteiger partial charge in [0.05, 0.1) is 11.5 Å². The topological polar surface area (TPSA) is 60.9 Å². The molecule has 1 atom stereocenters. The van der Waals surface area contributed by atoms with Gasteiger partial charge in [-0.25, -0.2) is 0 Å². The Morgan fingerprint density at radius 3 is 2.38 bits per heavy atom. The van der Waals surface area contributed by atoms with Crippen LogP contribution in [0.4, 0.5) is 0 Å². The molecule has 6 rings (SSSR count). The van der Waals surface area contributed by atoms with Gasteiger partial charge in [-0.05, 0) is 81.3 Å². The van der Waals surface area contributed by atoms with Gasteiger partial charge in [-0.1, -0.05) is 25.6 Å². The van der Waals surface area contributed by atoms with Gasteiger partial charge in [0.15, 0.2) is 22.5 Å². The molecule has 4 aliphatic carbocycles. The van der Waals surface area contributed by atoms with Gasteiger partial charge in [0.25, 0.3) is 0 Å². The van der Waals surface area contributed by atoms with Crippen LogP contribution in [0.25, 0.3) is 11.6 Å². The highest BCUT2D eigenvalue weighted by atomic mass is 32.2. The zero-order chi connectivity index (χ0) is 20.2. The number of ketones is 1. The highest BCUT2D eigenvalue weighted by Crippen LogP contribution is 2.61. The molecule has 156 valence electrons. The van der Waals surface area contributed by atoms with Crippen LogP contribution in [0.3, 0.4) is 0 Å². The summed E-state index contributed by atoms with van der Waals surface area (Å²) in [6.45, 7) is 7.25. The van der Waals surface area contributed by atoms with Crippen LogP contribution in [0, 0.1) is 29.1 Å². The van der Waals surface area contributed by atoms with Crippen molar-refractivity contribution in [3.8, 4) is 11.6 Å². The molecule has 0 N–H and O–H groups in total. The van der Waals surface area contributed by atoms with E-state index < -0.39 is 0 Å². The van der Waals surface area contributed by atoms with Gasteiger partial charge >= 0.3 is 0 Å². The van der Waals surface area contributed by atoms with Crippen molar-refractivity contribution >= 4 is 17.5 Å². The molecule has 4 fully saturated rings. The number of rotatable bonds is 7. The van der Waals surface area contributed by atoms with E-state index >= 15 is 0 Å². The van der Waals surface area contributed by atoms with E-state index in [1.54, 1.807) is 18.0 Å². The summed E-state index contributed by atoms with van der Waals surface area (Å²) in [7, 11) is 0. The van der Waals surface area contributed by atoms with Gasteiger partial charge in [0, 0.05) is 12.0 Å². The number of Topliss-reactive ketones (excluding diaryl/α,β-unsaturated/α-hetero) is 1. The van der Waals surface area contributed by atoms with Crippen molar-refractivity contribution in [1.29, 1.82) is 0 Å². The number of hydrogen-bond acceptors (Lipinski definition) is 5. The Labute approximate surface area is 177 Å². The molecular formula is C23H31N3O2S. The number of hydrogen-bond donors (Lipinski definition) is 0. The van der Waals surface area contributed by atoms with Gasteiger partial charge in [-0.2, -0.15) is 0 Å². The van der Waals surface area contributed by atoms with Gasteiger partial charge in [-0.15, -0.1) is 10.2 Å². The molecule has 0 radical (unpaired) electrons. The summed E-state index contributed by atoms with van der Waals surface area (Å²) < 4.78 is 7.70. The third-order valence-electron chi connectivity index (χ3n) is 7.22. The van der Waals surface area contributed by atoms with Gasteiger partial charge in [0.2, 0.25) is 0 Å². The molecule has 0 aliphatic heterocycles. The minimum atomic E-state index is -0.0918. The second-order valence-corrected chi connectivity index (χ2v) is 11.4. The molecule has 4 saturated carbocycles. The molecular weight excluding hydrogens is 382 g/mol. The Kier molecular flexibility index (Phi) is 4.88. The maximum absolute atomic E-state index is 13.7. The lowest BCUT2D eigenvalue weighted by atomic mass is 9.48. The molecule has 4 bridgehead atoms. The fourth-order valence-electron chi connectivity index (χ4n) is 6.55. The minimum Gasteiger partial charge on any atom is -0.461 e. The van der Waals surface area contributed by atoms with E-state index in [0.29, 0.717) is 11.7 Å². The predicted molar refractivity (Wildman–Crippen MR) is 113 cm³/mol. The van der Waals surface area contributed by atoms with Crippen molar-refractivity contribution in [2.75, 3.05) is 0 Å². The van der Waals surface area contributed by atoms with E-state index in [1.165, 1.54) is 19.3 Å². The van der Waals surface area contributed by atoms with Crippen LogP contribution in [0.1, 0.15) is 59.3 Å². The summed E-state index contributed by atoms with van der Waals surface area (Å²) in [5.41, 5.74) is -0.0616. The van der Waals surface area contributed by atoms with E-state index in [-0.39, 0.29) is 10.7 Å². The number of furan rings is 1. The first kappa shape index (κ1) is 19.4. The van der Waals surface area contributed by atoms with E-state index in [2.05, 4.69) is 35.5 Å². The fraction of sp³-hybridized carbons (Fsp3) is 0.696. The zero-order valence-electron chi connectivity index (χ0n) is 17.6. The Morgan fingerprint density at radius 2 is 1.83 bits per heavy atom. The zero-order valence-corrected chi connectivity index (χ0v) is 18.5. The number of thioether (sulfide) groups is 1. The van der Waals surface area contributed by atoms with Crippen molar-refractivity contribution in [1.82, 2.24) is 14.8 Å². The second-order valence-electron chi connectivity index (χ2n) is 10.1. The van der Waals surface area contributed by atoms with Crippen LogP contribution in [-0.2, 0) is 11.3 Å². The monoisotopic (exact) mass is 413 g/mol. The number of carbonyl (C=O) groups excluding carboxylic acids is 1. The molecule has 0 spiro atoms. The van der Waals surface area contributed by atoms with Crippen LogP contribution in [-0.4, -0.2) is 25.8 Å². The van der Waals surface area contributed by atoms with Gasteiger partial charge in [-0.3, -0.25) is 9.36 Å². The first-order valence-corrected chi connectivity index (χ1v) is 12.0. The molecule has 2 aromatic rings. The quantitative estimate of drug-likeness (QED) is 0.564. The van der Waals surface area contributed by atoms with E-state index in [4.69, 9.17) is 4.42 Å². The Bertz CT molecular complexity index is 851. The smallest absolute Gasteiger partial charge is 0.200 e. The lowest BCUT2D eigenvalue weighted by Crippen LogP contribution is -2.51. The molecule has 4 aliphatic rings. The van der Waals surface area contributed by atoms with Crippen molar-refractivity contribution < 1.29 is 9.21 Å². The van der Waals surface area contributed by atoms with Crippen LogP contribution >= 0.6 is 11.8 Å². The second kappa shape index (κ2) is 7.29. The molecule has 2 aromatic heterocycles. The third kappa shape index (κ3) is 3.47. The van der Waals surface area contributed by atoms with Crippen molar-refractivity contribution in [3.63, 3.8) is 0 Å². The fourth-order valence-corrected chi connectivity index (χ4v) is 7.60. The average molecular weight is 414 g/mol. The lowest BCUT2D eigenvalue weighted by molar-refractivity contribution is -0.142. The van der Waals surface area contributed by atoms with E-state index in [0.717, 1.165) is 60.3 Å². The Hall–Kier alpha value is -1.56. The van der Waals surface area contributed by atoms with Crippen molar-refractivity contribution in [2.45, 2.75) is 76.2 Å². The number of aromatic nitrogens is 3. The molecule has 1 unspecified atom stereocenters. The third-order valence-corrected chi connectivity index (χ3v) is 8.30. The molecule has 5 nitrogen and oxygen atoms in total. The number of nitrogens with zero attached hydrogens (tertiary/aromatic N) is 3. The Balaban J connectivity index is 1.38. The Morgan fingerprint density at radius 1 is 1.17 bits per heavy atom. The molecule has 0 amide bonds. The van der Waals surface area contributed by atoms with Crippen LogP contribution in [0.15, 0.2) is 28.0 Å². The maximum Gasteiger partial charge on any atom is 0.200 e. The summed E-state index contributed by atoms with van der Waals surface area (Å²) in [4.78, 5) is 13.7. The summed E-state index contributed by atoms with van der Waals surface area (Å²) in [6, 6.07) is 3.79. The van der Waals surface area contributed by atoms with Crippen LogP contribution in [0.2, 0.25) is 0 Å². The summed E-state index contributed by atoms with van der Waals surface area (Å²) in [5, 5.41) is 9.60. The molecule has 29 heavy (non-hydrogen) atoms. The van der Waals surface area contributed by atoms with Crippen molar-refractivity contribution in [2.24, 2.45) is 29.1 Å². The molecule has 2 heterocycles. The summed E-state index contributed by atoms with van der Waals surface area (Å²) in [5.74, 6) is 4.76. The van der Waals surface area contributed by atoms with Gasteiger partial charge in [0.1, 0.15) is 0 Å². The summed E-state index contributed by atoms with van der Waals surface area (Å²) >= 11 is 1.59. The summed E-state index contributed by atoms with van der Waals surface area (Å²) in [6.07, 6.45) is 9.13. The minimum absolute atomic E-state index is 0.0616. The highest BCUT2D eigenvalue weighted by Gasteiger charge is 2.55. The van der Waals surface area contributed by atoms with E-state index in [1.807, 2.05) is 12.1 Å². The lowest BCUT2D eigenvalue weighted by Gasteiger charge is -2.56. The molecule has 0 saturated heterocycles. The largest absolute Gasteiger partial charge is 0.461 e. The SMILES string of the molecule is CC(C)Cn1c(SC(C)C(=O)C23CC4CC(CC(C4)C2)C3)nnc1-c1ccco1. The van der Waals surface area contributed by atoms with Crippen LogP contribution < -0.4 is 0 Å². The number of carbonyl (C=O) groups is 1. The average Bonchev–Trinajstić information content (AvgIpc) is 3.30. The molecule has 6 heteroatoms. The first-order valence-electron chi connectivity index (χ1n) is 11.1. The normalized spacial score (nSPS) is 31.5. The van der Waals surface area contributed by atoms with Gasteiger partial charge < -0.3 is 4.42 Å². The van der Waals surface area contributed by atoms with Crippen molar-refractivity contribution in [3.05, 3.63) is 18.4 Å². The standard InChI is InChI=1S/C23H31N3O2S/c1-14(2)13-26-21(19-5-4-6-28-19)24-25-22(26)29-15(3)20(27)23-10-16-7-17(11-23)9-18(8-16)12-23/h4-6,14-18H,7-13H2,1-3H3. The molecule has 0 aromatic carbocycles. The van der Waals surface area contributed by atoms with Crippen LogP contribution in [0.5, 0.6) is 0 Å². The van der Waals surface area contributed by atoms with E-state index in [9.17, 15) is 4.79 Å². The first-order chi connectivity index (χ1) is 13.9. The predicted octanol–water partition coefficient (Wildman–Crippen LogP) is 5.46. The maximum atomic E-state index is 13.7.